The molecule has 0 bridgehead atoms. The fourth-order valence-electron chi connectivity index (χ4n) is 3.29. The van der Waals surface area contributed by atoms with Crippen LogP contribution in [0.15, 0.2) is 48.5 Å². The topological polar surface area (TPSA) is 99.1 Å². The lowest BCUT2D eigenvalue weighted by Gasteiger charge is -2.33. The van der Waals surface area contributed by atoms with Crippen LogP contribution >= 0.6 is 0 Å². The Hall–Kier alpha value is -2.69. The predicted octanol–water partition coefficient (Wildman–Crippen LogP) is 2.87. The van der Waals surface area contributed by atoms with Gasteiger partial charge in [-0.1, -0.05) is 42.5 Å². The van der Waals surface area contributed by atoms with Crippen LogP contribution in [0.1, 0.15) is 43.9 Å². The molecule has 0 radical (unpaired) electrons. The second-order valence-electron chi connectivity index (χ2n) is 7.18. The van der Waals surface area contributed by atoms with Gasteiger partial charge in [-0.3, -0.25) is 4.79 Å². The van der Waals surface area contributed by atoms with Crippen molar-refractivity contribution in [3.05, 3.63) is 59.7 Å². The number of nitrogens with zero attached hydrogens (tertiary/aromatic N) is 1. The maximum Gasteiger partial charge on any atom is 0.220 e. The first-order chi connectivity index (χ1) is 13.3. The van der Waals surface area contributed by atoms with Gasteiger partial charge < -0.3 is 5.32 Å². The van der Waals surface area contributed by atoms with Crippen molar-refractivity contribution >= 4 is 15.9 Å². The average molecular weight is 398 g/mol. The molecule has 2 N–H and O–H groups in total. The van der Waals surface area contributed by atoms with E-state index in [1.165, 1.54) is 0 Å². The van der Waals surface area contributed by atoms with Crippen LogP contribution in [0.4, 0.5) is 0 Å². The second kappa shape index (κ2) is 8.13. The molecule has 2 aromatic rings. The van der Waals surface area contributed by atoms with E-state index in [4.69, 9.17) is 0 Å². The van der Waals surface area contributed by atoms with Crippen LogP contribution in [0.2, 0.25) is 0 Å². The molecule has 0 saturated carbocycles. The fourth-order valence-corrected chi connectivity index (χ4v) is 4.24. The molecule has 0 aliphatic carbocycles. The Morgan fingerprint density at radius 2 is 1.82 bits per heavy atom. The van der Waals surface area contributed by atoms with Crippen molar-refractivity contribution in [2.24, 2.45) is 0 Å². The monoisotopic (exact) mass is 397 g/mol. The summed E-state index contributed by atoms with van der Waals surface area (Å²) in [4.78, 5) is 11.9. The third kappa shape index (κ3) is 4.24. The predicted molar refractivity (Wildman–Crippen MR) is 108 cm³/mol. The Bertz CT molecular complexity index is 1010. The van der Waals surface area contributed by atoms with Crippen LogP contribution in [0.5, 0.6) is 0 Å². The van der Waals surface area contributed by atoms with E-state index in [0.717, 1.165) is 16.7 Å². The summed E-state index contributed by atoms with van der Waals surface area (Å²) < 4.78 is 27.4. The van der Waals surface area contributed by atoms with E-state index in [-0.39, 0.29) is 12.3 Å². The summed E-state index contributed by atoms with van der Waals surface area (Å²) in [6.45, 7) is 3.25. The van der Waals surface area contributed by atoms with Crippen LogP contribution < -0.4 is 10.0 Å². The molecule has 6 nitrogen and oxygen atoms in total. The first-order valence-electron chi connectivity index (χ1n) is 9.22. The molecule has 7 heteroatoms. The first-order valence-corrected chi connectivity index (χ1v) is 10.8. The molecule has 3 rings (SSSR count). The van der Waals surface area contributed by atoms with Gasteiger partial charge in [-0.05, 0) is 43.0 Å². The Balaban J connectivity index is 1.89. The summed E-state index contributed by atoms with van der Waals surface area (Å²) in [6, 6.07) is 16.2. The SMILES string of the molecule is CC(C)S(=O)(=O)N[C@@H]1CCC(=O)N[C@@H]1c1ccc(-c2ccccc2C#N)cc1. The standard InChI is InChI=1S/C21H23N3O3S/c1-14(2)28(26,27)24-19-11-12-20(25)23-21(19)16-9-7-15(8-10-16)18-6-4-3-5-17(18)13-22/h3-10,14,19,21,24H,11-12H2,1-2H3,(H,23,25)/t19-,21-/m1/s1. The second-order valence-corrected chi connectivity index (χ2v) is 9.45. The lowest BCUT2D eigenvalue weighted by molar-refractivity contribution is -0.123. The largest absolute Gasteiger partial charge is 0.348 e. The number of sulfonamides is 1. The summed E-state index contributed by atoms with van der Waals surface area (Å²) in [7, 11) is -3.45. The number of carbonyl (C=O) groups excluding carboxylic acids is 1. The zero-order chi connectivity index (χ0) is 20.3. The fraction of sp³-hybridized carbons (Fsp3) is 0.333. The van der Waals surface area contributed by atoms with Gasteiger partial charge in [0.25, 0.3) is 0 Å². The van der Waals surface area contributed by atoms with Crippen LogP contribution in [0.3, 0.4) is 0 Å². The van der Waals surface area contributed by atoms with Gasteiger partial charge in [-0.15, -0.1) is 0 Å². The molecule has 1 heterocycles. The quantitative estimate of drug-likeness (QED) is 0.810. The summed E-state index contributed by atoms with van der Waals surface area (Å²) in [6.07, 6.45) is 0.733. The highest BCUT2D eigenvalue weighted by molar-refractivity contribution is 7.90. The number of amides is 1. The summed E-state index contributed by atoms with van der Waals surface area (Å²) >= 11 is 0. The highest BCUT2D eigenvalue weighted by Crippen LogP contribution is 2.29. The summed E-state index contributed by atoms with van der Waals surface area (Å²) in [5.41, 5.74) is 3.13. The van der Waals surface area contributed by atoms with Crippen molar-refractivity contribution in [2.45, 2.75) is 44.0 Å². The van der Waals surface area contributed by atoms with Crippen molar-refractivity contribution in [3.63, 3.8) is 0 Å². The number of carbonyl (C=O) groups is 1. The molecule has 0 spiro atoms. The van der Waals surface area contributed by atoms with Crippen molar-refractivity contribution in [3.8, 4) is 17.2 Å². The average Bonchev–Trinajstić information content (AvgIpc) is 2.69. The smallest absolute Gasteiger partial charge is 0.220 e. The molecule has 146 valence electrons. The van der Waals surface area contributed by atoms with Crippen LogP contribution in [0.25, 0.3) is 11.1 Å². The number of benzene rings is 2. The highest BCUT2D eigenvalue weighted by Gasteiger charge is 2.33. The maximum absolute atomic E-state index is 12.3. The molecule has 2 aromatic carbocycles. The first kappa shape index (κ1) is 20.1. The summed E-state index contributed by atoms with van der Waals surface area (Å²) in [5.74, 6) is -0.0936. The zero-order valence-corrected chi connectivity index (χ0v) is 16.7. The van der Waals surface area contributed by atoms with Crippen molar-refractivity contribution in [1.29, 1.82) is 5.26 Å². The third-order valence-electron chi connectivity index (χ3n) is 4.97. The van der Waals surface area contributed by atoms with Crippen LogP contribution in [-0.2, 0) is 14.8 Å². The highest BCUT2D eigenvalue weighted by atomic mass is 32.2. The molecular weight excluding hydrogens is 374 g/mol. The number of nitriles is 1. The van der Waals surface area contributed by atoms with E-state index in [9.17, 15) is 18.5 Å². The van der Waals surface area contributed by atoms with Gasteiger partial charge >= 0.3 is 0 Å². The Morgan fingerprint density at radius 1 is 1.14 bits per heavy atom. The molecule has 1 saturated heterocycles. The third-order valence-corrected chi connectivity index (χ3v) is 6.84. The minimum atomic E-state index is -3.45. The van der Waals surface area contributed by atoms with Gasteiger partial charge in [0.05, 0.1) is 22.9 Å². The number of piperidine rings is 1. The molecular formula is C21H23N3O3S. The lowest BCUT2D eigenvalue weighted by atomic mass is 9.91. The number of hydrogen-bond acceptors (Lipinski definition) is 4. The molecule has 1 fully saturated rings. The van der Waals surface area contributed by atoms with Gasteiger partial charge in [0.15, 0.2) is 0 Å². The number of hydrogen-bond donors (Lipinski definition) is 2. The molecule has 1 aliphatic heterocycles. The van der Waals surface area contributed by atoms with E-state index in [0.29, 0.717) is 12.0 Å². The lowest BCUT2D eigenvalue weighted by Crippen LogP contribution is -2.51. The molecule has 1 amide bonds. The van der Waals surface area contributed by atoms with Crippen molar-refractivity contribution < 1.29 is 13.2 Å². The minimum absolute atomic E-state index is 0.0936. The molecule has 2 atom stereocenters. The summed E-state index contributed by atoms with van der Waals surface area (Å²) in [5, 5.41) is 11.7. The van der Waals surface area contributed by atoms with Gasteiger partial charge in [-0.25, -0.2) is 13.1 Å². The molecule has 1 aliphatic rings. The van der Waals surface area contributed by atoms with Crippen molar-refractivity contribution in [1.82, 2.24) is 10.0 Å². The zero-order valence-electron chi connectivity index (χ0n) is 15.8. The van der Waals surface area contributed by atoms with Gasteiger partial charge in [0.2, 0.25) is 15.9 Å². The number of nitrogens with one attached hydrogen (secondary N) is 2. The van der Waals surface area contributed by atoms with E-state index >= 15 is 0 Å². The maximum atomic E-state index is 12.3. The number of rotatable bonds is 5. The Morgan fingerprint density at radius 3 is 2.46 bits per heavy atom. The van der Waals surface area contributed by atoms with E-state index in [1.54, 1.807) is 19.9 Å². The van der Waals surface area contributed by atoms with E-state index < -0.39 is 27.4 Å². The van der Waals surface area contributed by atoms with E-state index in [1.807, 2.05) is 42.5 Å². The van der Waals surface area contributed by atoms with E-state index in [2.05, 4.69) is 16.1 Å². The van der Waals surface area contributed by atoms with Crippen molar-refractivity contribution in [2.75, 3.05) is 0 Å². The molecule has 28 heavy (non-hydrogen) atoms. The van der Waals surface area contributed by atoms with Crippen LogP contribution in [-0.4, -0.2) is 25.6 Å². The van der Waals surface area contributed by atoms with Gasteiger partial charge in [0, 0.05) is 12.5 Å². The normalized spacial score (nSPS) is 19.9. The van der Waals surface area contributed by atoms with Gasteiger partial charge in [0.1, 0.15) is 0 Å². The molecule has 0 aromatic heterocycles. The Kier molecular flexibility index (Phi) is 5.82. The minimum Gasteiger partial charge on any atom is -0.348 e. The van der Waals surface area contributed by atoms with Gasteiger partial charge in [-0.2, -0.15) is 5.26 Å². The van der Waals surface area contributed by atoms with Crippen LogP contribution in [0, 0.1) is 11.3 Å². The Labute approximate surface area is 165 Å². The molecule has 0 unspecified atom stereocenters.